The fraction of sp³-hybridized carbons (Fsp3) is 0.962. The van der Waals surface area contributed by atoms with Gasteiger partial charge in [-0.2, -0.15) is 0 Å². The van der Waals surface area contributed by atoms with Gasteiger partial charge in [-0.15, -0.1) is 0 Å². The van der Waals surface area contributed by atoms with E-state index in [2.05, 4.69) is 20.8 Å². The largest absolute Gasteiger partial charge is 0.393 e. The van der Waals surface area contributed by atoms with Crippen molar-refractivity contribution < 1.29 is 25.2 Å². The van der Waals surface area contributed by atoms with Crippen LogP contribution in [0.2, 0.25) is 0 Å². The van der Waals surface area contributed by atoms with E-state index >= 15 is 0 Å². The molecule has 4 N–H and O–H groups in total. The van der Waals surface area contributed by atoms with Gasteiger partial charge in [0.25, 0.3) is 0 Å². The molecule has 0 aromatic carbocycles. The molecule has 0 amide bonds. The minimum Gasteiger partial charge on any atom is -0.393 e. The number of aliphatic hydroxyl groups is 4. The third-order valence-corrected chi connectivity index (χ3v) is 11.5. The van der Waals surface area contributed by atoms with Crippen LogP contribution in [0.5, 0.6) is 0 Å². The molecule has 31 heavy (non-hydrogen) atoms. The van der Waals surface area contributed by atoms with E-state index in [-0.39, 0.29) is 64.0 Å². The Kier molecular flexibility index (Phi) is 4.87. The smallest absolute Gasteiger partial charge is 0.143 e. The summed E-state index contributed by atoms with van der Waals surface area (Å²) in [4.78, 5) is 14.1. The summed E-state index contributed by atoms with van der Waals surface area (Å²) in [6, 6.07) is 0. The van der Waals surface area contributed by atoms with Gasteiger partial charge in [0.1, 0.15) is 5.78 Å². The highest BCUT2D eigenvalue weighted by atomic mass is 16.3. The van der Waals surface area contributed by atoms with E-state index in [1.807, 2.05) is 13.8 Å². The standard InChI is InChI=1S/C26H42O5/c1-12(2)26(31)11-13(3)18-20(26)23(30)19-17-15(7-9-25(18,19)5)24(4)8-6-14(27)10-16(24)21(28)22(17)29/h12-22,27-29,31H,6-11H2,1-5H3. The van der Waals surface area contributed by atoms with Crippen LogP contribution in [-0.2, 0) is 4.79 Å². The summed E-state index contributed by atoms with van der Waals surface area (Å²) in [5.41, 5.74) is -1.38. The number of fused-ring (bicyclic) bond motifs is 7. The molecule has 5 rings (SSSR count). The Bertz CT molecular complexity index is 767. The SMILES string of the molecule is CC1CC(O)(C(C)C)C2C(=O)C3C4C(O)C(O)C5CC(O)CCC5(C)C4CCC3(C)C12. The van der Waals surface area contributed by atoms with Crippen LogP contribution in [0.3, 0.4) is 0 Å². The molecule has 13 atom stereocenters. The summed E-state index contributed by atoms with van der Waals surface area (Å²) in [5.74, 6) is -0.307. The normalized spacial score (nSPS) is 61.0. The van der Waals surface area contributed by atoms with Crippen LogP contribution in [0.4, 0.5) is 0 Å². The third-order valence-electron chi connectivity index (χ3n) is 11.5. The van der Waals surface area contributed by atoms with E-state index in [9.17, 15) is 25.2 Å². The first-order valence-corrected chi connectivity index (χ1v) is 12.7. The molecule has 0 aliphatic heterocycles. The number of Topliss-reactive ketones (excluding diaryl/α,β-unsaturated/α-hetero) is 1. The number of hydrogen-bond donors (Lipinski definition) is 4. The maximum Gasteiger partial charge on any atom is 0.143 e. The molecule has 13 unspecified atom stereocenters. The van der Waals surface area contributed by atoms with Crippen LogP contribution in [0.1, 0.15) is 73.1 Å². The molecule has 0 heterocycles. The number of carbonyl (C=O) groups is 1. The lowest BCUT2D eigenvalue weighted by Crippen LogP contribution is -2.65. The highest BCUT2D eigenvalue weighted by Crippen LogP contribution is 2.72. The van der Waals surface area contributed by atoms with E-state index < -0.39 is 23.9 Å². The van der Waals surface area contributed by atoms with Crippen molar-refractivity contribution in [2.45, 2.75) is 97.1 Å². The molecule has 0 spiro atoms. The molecule has 0 aromatic heterocycles. The predicted octanol–water partition coefficient (Wildman–Crippen LogP) is 2.78. The van der Waals surface area contributed by atoms with Gasteiger partial charge < -0.3 is 20.4 Å². The monoisotopic (exact) mass is 434 g/mol. The van der Waals surface area contributed by atoms with Crippen LogP contribution in [-0.4, -0.2) is 50.1 Å². The molecule has 5 aliphatic carbocycles. The Hall–Kier alpha value is -0.490. The summed E-state index contributed by atoms with van der Waals surface area (Å²) in [7, 11) is 0. The van der Waals surface area contributed by atoms with Crippen molar-refractivity contribution in [1.29, 1.82) is 0 Å². The van der Waals surface area contributed by atoms with Gasteiger partial charge in [0, 0.05) is 11.8 Å². The first kappa shape index (κ1) is 22.3. The van der Waals surface area contributed by atoms with E-state index in [1.54, 1.807) is 0 Å². The number of carbonyl (C=O) groups excluding carboxylic acids is 1. The van der Waals surface area contributed by atoms with Crippen LogP contribution >= 0.6 is 0 Å². The zero-order valence-electron chi connectivity index (χ0n) is 19.8. The highest BCUT2D eigenvalue weighted by Gasteiger charge is 2.74. The van der Waals surface area contributed by atoms with Crippen molar-refractivity contribution in [3.8, 4) is 0 Å². The number of hydrogen-bond acceptors (Lipinski definition) is 5. The summed E-state index contributed by atoms with van der Waals surface area (Å²) in [6.07, 6.45) is 2.39. The van der Waals surface area contributed by atoms with Crippen LogP contribution in [0.25, 0.3) is 0 Å². The maximum absolute atomic E-state index is 14.1. The Morgan fingerprint density at radius 2 is 1.58 bits per heavy atom. The first-order valence-electron chi connectivity index (χ1n) is 12.7. The van der Waals surface area contributed by atoms with Gasteiger partial charge in [-0.3, -0.25) is 4.79 Å². The Balaban J connectivity index is 1.58. The fourth-order valence-electron chi connectivity index (χ4n) is 10.0. The summed E-state index contributed by atoms with van der Waals surface area (Å²) < 4.78 is 0. The van der Waals surface area contributed by atoms with Gasteiger partial charge in [-0.1, -0.05) is 34.6 Å². The average molecular weight is 435 g/mol. The lowest BCUT2D eigenvalue weighted by Gasteiger charge is -2.63. The Morgan fingerprint density at radius 3 is 2.23 bits per heavy atom. The second kappa shape index (κ2) is 6.77. The molecule has 0 aromatic rings. The van der Waals surface area contributed by atoms with Crippen molar-refractivity contribution in [2.75, 3.05) is 0 Å². The summed E-state index contributed by atoms with van der Waals surface area (Å²) >= 11 is 0. The molecule has 0 bridgehead atoms. The average Bonchev–Trinajstić information content (AvgIpc) is 3.12. The number of rotatable bonds is 1. The van der Waals surface area contributed by atoms with Crippen molar-refractivity contribution in [3.05, 3.63) is 0 Å². The van der Waals surface area contributed by atoms with E-state index in [1.165, 1.54) is 0 Å². The molecule has 5 heteroatoms. The lowest BCUT2D eigenvalue weighted by atomic mass is 9.43. The van der Waals surface area contributed by atoms with E-state index in [4.69, 9.17) is 0 Å². The van der Waals surface area contributed by atoms with Crippen LogP contribution < -0.4 is 0 Å². The molecule has 0 radical (unpaired) electrons. The zero-order chi connectivity index (χ0) is 22.7. The predicted molar refractivity (Wildman–Crippen MR) is 117 cm³/mol. The summed E-state index contributed by atoms with van der Waals surface area (Å²) in [5, 5.41) is 44.6. The minimum absolute atomic E-state index is 0.0112. The van der Waals surface area contributed by atoms with Crippen molar-refractivity contribution in [1.82, 2.24) is 0 Å². The van der Waals surface area contributed by atoms with Crippen molar-refractivity contribution >= 4 is 5.78 Å². The third kappa shape index (κ3) is 2.61. The summed E-state index contributed by atoms with van der Waals surface area (Å²) in [6.45, 7) is 10.7. The van der Waals surface area contributed by atoms with Crippen molar-refractivity contribution in [2.24, 2.45) is 58.2 Å². The molecular formula is C26H42O5. The van der Waals surface area contributed by atoms with Gasteiger partial charge in [-0.05, 0) is 78.9 Å². The topological polar surface area (TPSA) is 98.0 Å². The molecule has 176 valence electrons. The number of ketones is 1. The molecule has 5 fully saturated rings. The van der Waals surface area contributed by atoms with Crippen LogP contribution in [0, 0.1) is 58.2 Å². The second-order valence-electron chi connectivity index (χ2n) is 13.0. The lowest BCUT2D eigenvalue weighted by molar-refractivity contribution is -0.221. The maximum atomic E-state index is 14.1. The second-order valence-corrected chi connectivity index (χ2v) is 13.0. The van der Waals surface area contributed by atoms with Gasteiger partial charge in [0.05, 0.1) is 29.8 Å². The van der Waals surface area contributed by atoms with Gasteiger partial charge >= 0.3 is 0 Å². The van der Waals surface area contributed by atoms with Gasteiger partial charge in [0.2, 0.25) is 0 Å². The van der Waals surface area contributed by atoms with Gasteiger partial charge in [0.15, 0.2) is 0 Å². The quantitative estimate of drug-likeness (QED) is 0.509. The molecule has 5 saturated carbocycles. The van der Waals surface area contributed by atoms with Crippen molar-refractivity contribution in [3.63, 3.8) is 0 Å². The Morgan fingerprint density at radius 1 is 0.935 bits per heavy atom. The minimum atomic E-state index is -0.976. The Labute approximate surface area is 186 Å². The molecule has 5 nitrogen and oxygen atoms in total. The fourth-order valence-corrected chi connectivity index (χ4v) is 10.0. The van der Waals surface area contributed by atoms with Crippen LogP contribution in [0.15, 0.2) is 0 Å². The van der Waals surface area contributed by atoms with E-state index in [0.29, 0.717) is 12.8 Å². The molecular weight excluding hydrogens is 392 g/mol. The molecule has 5 aliphatic rings. The first-order chi connectivity index (χ1) is 14.4. The highest BCUT2D eigenvalue weighted by molar-refractivity contribution is 5.89. The molecule has 0 saturated heterocycles. The zero-order valence-corrected chi connectivity index (χ0v) is 19.8. The van der Waals surface area contributed by atoms with E-state index in [0.717, 1.165) is 25.7 Å². The van der Waals surface area contributed by atoms with Gasteiger partial charge in [-0.25, -0.2) is 0 Å². The number of aliphatic hydroxyl groups excluding tert-OH is 3.